The number of hydrogen-bond acceptors (Lipinski definition) is 7. The minimum Gasteiger partial charge on any atom is -0.401 e. The molecular formula is C16H16N6O2. The number of hydroxylamine groups is 1. The topological polar surface area (TPSA) is 129 Å². The van der Waals surface area contributed by atoms with Crippen molar-refractivity contribution < 1.29 is 4.84 Å². The third-order valence-corrected chi connectivity index (χ3v) is 3.01. The van der Waals surface area contributed by atoms with Crippen LogP contribution in [0.4, 0.5) is 0 Å². The van der Waals surface area contributed by atoms with Gasteiger partial charge in [-0.15, -0.1) is 0 Å². The molecule has 2 aromatic rings. The van der Waals surface area contributed by atoms with Gasteiger partial charge in [0.05, 0.1) is 24.4 Å². The van der Waals surface area contributed by atoms with Gasteiger partial charge in [0.25, 0.3) is 5.56 Å². The molecule has 0 aliphatic rings. The fourth-order valence-electron chi connectivity index (χ4n) is 1.82. The molecule has 8 nitrogen and oxygen atoms in total. The van der Waals surface area contributed by atoms with Crippen LogP contribution in [0.15, 0.2) is 52.5 Å². The molecule has 0 spiro atoms. The van der Waals surface area contributed by atoms with Crippen molar-refractivity contribution in [2.24, 2.45) is 10.9 Å². The maximum atomic E-state index is 12.0. The molecule has 122 valence electrons. The molecule has 2 rings (SSSR count). The molecule has 0 unspecified atom stereocenters. The van der Waals surface area contributed by atoms with Crippen LogP contribution >= 0.6 is 0 Å². The molecule has 24 heavy (non-hydrogen) atoms. The van der Waals surface area contributed by atoms with E-state index < -0.39 is 5.56 Å². The first-order chi connectivity index (χ1) is 11.7. The van der Waals surface area contributed by atoms with E-state index in [1.807, 2.05) is 6.07 Å². The summed E-state index contributed by atoms with van der Waals surface area (Å²) in [7, 11) is 0. The van der Waals surface area contributed by atoms with Crippen molar-refractivity contribution in [3.63, 3.8) is 0 Å². The lowest BCUT2D eigenvalue weighted by Gasteiger charge is -2.07. The second-order valence-electron chi connectivity index (χ2n) is 4.67. The highest BCUT2D eigenvalue weighted by atomic mass is 16.6. The Kier molecular flexibility index (Phi) is 5.82. The van der Waals surface area contributed by atoms with Gasteiger partial charge in [-0.3, -0.25) is 4.79 Å². The van der Waals surface area contributed by atoms with Gasteiger partial charge in [0, 0.05) is 0 Å². The predicted octanol–water partition coefficient (Wildman–Crippen LogP) is 0.964. The number of benzene rings is 1. The zero-order valence-electron chi connectivity index (χ0n) is 13.0. The Morgan fingerprint density at radius 3 is 2.83 bits per heavy atom. The lowest BCUT2D eigenvalue weighted by atomic mass is 10.1. The molecule has 8 heteroatoms. The van der Waals surface area contributed by atoms with Crippen LogP contribution in [-0.4, -0.2) is 15.7 Å². The second kappa shape index (κ2) is 8.26. The largest absolute Gasteiger partial charge is 0.401 e. The molecule has 0 amide bonds. The SMILES string of the molecule is C/C=C\C(=N/N)c1ncc(ONCc2ccc(C#N)cc2)c(=O)[nH]1. The zero-order valence-corrected chi connectivity index (χ0v) is 13.0. The number of H-pyrrole nitrogens is 1. The lowest BCUT2D eigenvalue weighted by Crippen LogP contribution is -2.24. The van der Waals surface area contributed by atoms with Crippen LogP contribution in [0, 0.1) is 11.3 Å². The number of nitriles is 1. The van der Waals surface area contributed by atoms with Crippen molar-refractivity contribution in [1.82, 2.24) is 15.4 Å². The number of nitrogens with zero attached hydrogens (tertiary/aromatic N) is 3. The summed E-state index contributed by atoms with van der Waals surface area (Å²) in [5.74, 6) is 5.52. The summed E-state index contributed by atoms with van der Waals surface area (Å²) >= 11 is 0. The highest BCUT2D eigenvalue weighted by Crippen LogP contribution is 2.04. The van der Waals surface area contributed by atoms with E-state index >= 15 is 0 Å². The number of hydrogen-bond donors (Lipinski definition) is 3. The van der Waals surface area contributed by atoms with E-state index in [1.165, 1.54) is 6.20 Å². The molecule has 0 aliphatic carbocycles. The van der Waals surface area contributed by atoms with E-state index in [-0.39, 0.29) is 11.6 Å². The molecule has 1 aromatic carbocycles. The monoisotopic (exact) mass is 324 g/mol. The number of nitrogens with one attached hydrogen (secondary N) is 2. The first-order valence-corrected chi connectivity index (χ1v) is 7.07. The van der Waals surface area contributed by atoms with Crippen molar-refractivity contribution in [2.45, 2.75) is 13.5 Å². The summed E-state index contributed by atoms with van der Waals surface area (Å²) in [6.45, 7) is 2.16. The quantitative estimate of drug-likeness (QED) is 0.412. The minimum atomic E-state index is -0.460. The highest BCUT2D eigenvalue weighted by Gasteiger charge is 2.07. The van der Waals surface area contributed by atoms with Gasteiger partial charge in [0.2, 0.25) is 5.75 Å². The second-order valence-corrected chi connectivity index (χ2v) is 4.67. The first-order valence-electron chi connectivity index (χ1n) is 7.07. The predicted molar refractivity (Wildman–Crippen MR) is 89.0 cm³/mol. The molecule has 1 aromatic heterocycles. The number of aromatic nitrogens is 2. The smallest absolute Gasteiger partial charge is 0.296 e. The summed E-state index contributed by atoms with van der Waals surface area (Å²) in [6, 6.07) is 9.04. The lowest BCUT2D eigenvalue weighted by molar-refractivity contribution is 0.186. The zero-order chi connectivity index (χ0) is 17.4. The van der Waals surface area contributed by atoms with Crippen molar-refractivity contribution in [3.05, 3.63) is 69.9 Å². The fraction of sp³-hybridized carbons (Fsp3) is 0.125. The van der Waals surface area contributed by atoms with Crippen molar-refractivity contribution in [2.75, 3.05) is 0 Å². The Hall–Kier alpha value is -3.44. The van der Waals surface area contributed by atoms with E-state index in [1.54, 1.807) is 43.3 Å². The Labute approximate surface area is 138 Å². The fourth-order valence-corrected chi connectivity index (χ4v) is 1.82. The Morgan fingerprint density at radius 2 is 2.25 bits per heavy atom. The summed E-state index contributed by atoms with van der Waals surface area (Å²) in [6.07, 6.45) is 4.64. The Balaban J connectivity index is 2.00. The van der Waals surface area contributed by atoms with E-state index in [4.69, 9.17) is 15.9 Å². The molecule has 0 atom stereocenters. The number of nitrogens with two attached hydrogens (primary N) is 1. The van der Waals surface area contributed by atoms with E-state index in [0.29, 0.717) is 17.8 Å². The third-order valence-electron chi connectivity index (χ3n) is 3.01. The molecule has 0 radical (unpaired) electrons. The molecule has 0 saturated heterocycles. The highest BCUT2D eigenvalue weighted by molar-refractivity contribution is 6.05. The van der Waals surface area contributed by atoms with Crippen LogP contribution in [0.5, 0.6) is 5.75 Å². The van der Waals surface area contributed by atoms with Crippen molar-refractivity contribution >= 4 is 5.71 Å². The minimum absolute atomic E-state index is 0.0178. The molecule has 0 saturated carbocycles. The van der Waals surface area contributed by atoms with Gasteiger partial charge >= 0.3 is 0 Å². The van der Waals surface area contributed by atoms with Crippen LogP contribution in [0.3, 0.4) is 0 Å². The van der Waals surface area contributed by atoms with Gasteiger partial charge in [-0.1, -0.05) is 18.2 Å². The van der Waals surface area contributed by atoms with Crippen LogP contribution in [0.25, 0.3) is 0 Å². The Bertz CT molecular complexity index is 846. The normalized spacial score (nSPS) is 11.4. The van der Waals surface area contributed by atoms with Crippen LogP contribution in [0.1, 0.15) is 23.9 Å². The number of rotatable bonds is 6. The molecule has 0 bridgehead atoms. The number of allylic oxidation sites excluding steroid dienone is 2. The summed E-state index contributed by atoms with van der Waals surface area (Å²) in [5, 5.41) is 12.3. The molecule has 0 aliphatic heterocycles. The average Bonchev–Trinajstić information content (AvgIpc) is 2.61. The van der Waals surface area contributed by atoms with Gasteiger partial charge in [-0.25, -0.2) is 4.98 Å². The van der Waals surface area contributed by atoms with Crippen LogP contribution in [0.2, 0.25) is 0 Å². The maximum absolute atomic E-state index is 12.0. The third kappa shape index (κ3) is 4.28. The van der Waals surface area contributed by atoms with Crippen LogP contribution < -0.4 is 21.7 Å². The van der Waals surface area contributed by atoms with E-state index in [9.17, 15) is 4.79 Å². The molecule has 1 heterocycles. The van der Waals surface area contributed by atoms with Gasteiger partial charge in [0.15, 0.2) is 5.82 Å². The summed E-state index contributed by atoms with van der Waals surface area (Å²) < 4.78 is 0. The van der Waals surface area contributed by atoms with Crippen molar-refractivity contribution in [1.29, 1.82) is 5.26 Å². The molecule has 4 N–H and O–H groups in total. The molecule has 0 fully saturated rings. The standard InChI is InChI=1S/C16H16N6O2/c1-2-3-13(22-18)15-19-10-14(16(23)21-15)24-20-9-12-6-4-11(8-17)5-7-12/h2-7,10,20H,9,18H2,1H3,(H,19,21,23)/b3-2-,22-13+. The summed E-state index contributed by atoms with van der Waals surface area (Å²) in [4.78, 5) is 23.8. The Morgan fingerprint density at radius 1 is 1.50 bits per heavy atom. The average molecular weight is 324 g/mol. The summed E-state index contributed by atoms with van der Waals surface area (Å²) in [5.41, 5.74) is 4.05. The van der Waals surface area contributed by atoms with Gasteiger partial charge < -0.3 is 15.7 Å². The maximum Gasteiger partial charge on any atom is 0.296 e. The first kappa shape index (κ1) is 16.9. The van der Waals surface area contributed by atoms with E-state index in [0.717, 1.165) is 5.56 Å². The molecular weight excluding hydrogens is 308 g/mol. The van der Waals surface area contributed by atoms with Crippen LogP contribution in [-0.2, 0) is 6.54 Å². The van der Waals surface area contributed by atoms with Gasteiger partial charge in [0.1, 0.15) is 5.71 Å². The van der Waals surface area contributed by atoms with E-state index in [2.05, 4.69) is 20.5 Å². The van der Waals surface area contributed by atoms with Gasteiger partial charge in [-0.05, 0) is 30.7 Å². The van der Waals surface area contributed by atoms with Crippen molar-refractivity contribution in [3.8, 4) is 11.8 Å². The number of aromatic amines is 1. The number of hydrazone groups is 1. The van der Waals surface area contributed by atoms with Gasteiger partial charge in [-0.2, -0.15) is 15.8 Å².